The van der Waals surface area contributed by atoms with Crippen LogP contribution in [0.25, 0.3) is 11.1 Å². The number of carbonyl (C=O) groups is 2. The number of benzene rings is 4. The van der Waals surface area contributed by atoms with Crippen molar-refractivity contribution < 1.29 is 33.3 Å². The van der Waals surface area contributed by atoms with Crippen LogP contribution in [-0.2, 0) is 22.7 Å². The van der Waals surface area contributed by atoms with Crippen molar-refractivity contribution in [1.29, 1.82) is 0 Å². The Morgan fingerprint density at radius 1 is 0.548 bits per heavy atom. The van der Waals surface area contributed by atoms with Gasteiger partial charge in [0.1, 0.15) is 12.4 Å². The second kappa shape index (κ2) is 12.5. The molecule has 8 heteroatoms. The summed E-state index contributed by atoms with van der Waals surface area (Å²) in [6, 6.07) is 27.6. The lowest BCUT2D eigenvalue weighted by Crippen LogP contribution is -2.31. The van der Waals surface area contributed by atoms with Gasteiger partial charge in [-0.25, -0.2) is 0 Å². The summed E-state index contributed by atoms with van der Waals surface area (Å²) in [4.78, 5) is 29.2. The van der Waals surface area contributed by atoms with Gasteiger partial charge in [0, 0.05) is 0 Å². The van der Waals surface area contributed by atoms with Gasteiger partial charge in [-0.2, -0.15) is 0 Å². The van der Waals surface area contributed by atoms with Gasteiger partial charge in [-0.05, 0) is 58.7 Å². The molecule has 0 N–H and O–H groups in total. The van der Waals surface area contributed by atoms with Gasteiger partial charge in [0.25, 0.3) is 11.8 Å². The molecule has 0 aliphatic carbocycles. The van der Waals surface area contributed by atoms with E-state index in [-0.39, 0.29) is 17.7 Å². The molecule has 4 aromatic rings. The van der Waals surface area contributed by atoms with Gasteiger partial charge in [-0.3, -0.25) is 14.5 Å². The van der Waals surface area contributed by atoms with Gasteiger partial charge in [0.15, 0.2) is 23.0 Å². The van der Waals surface area contributed by atoms with E-state index in [1.54, 1.807) is 36.4 Å². The van der Waals surface area contributed by atoms with E-state index in [9.17, 15) is 9.59 Å². The Bertz CT molecular complexity index is 1550. The maximum atomic E-state index is 14.0. The third-order valence-electron chi connectivity index (χ3n) is 7.02. The largest absolute Gasteiger partial charge is 0.493 e. The molecular weight excluding hydrogens is 534 g/mol. The Morgan fingerprint density at radius 2 is 1.05 bits per heavy atom. The van der Waals surface area contributed by atoms with Crippen LogP contribution in [0.3, 0.4) is 0 Å². The van der Waals surface area contributed by atoms with Gasteiger partial charge < -0.3 is 23.7 Å². The van der Waals surface area contributed by atoms with E-state index in [0.717, 1.165) is 11.1 Å². The van der Waals surface area contributed by atoms with E-state index < -0.39 is 11.8 Å². The van der Waals surface area contributed by atoms with Crippen LogP contribution in [-0.4, -0.2) is 45.2 Å². The Balaban J connectivity index is 1.47. The van der Waals surface area contributed by atoms with E-state index >= 15 is 0 Å². The van der Waals surface area contributed by atoms with E-state index in [1.165, 1.54) is 33.3 Å². The number of methoxy groups -OCH3 is 4. The van der Waals surface area contributed by atoms with Crippen molar-refractivity contribution in [3.05, 3.63) is 113 Å². The second-order valence-corrected chi connectivity index (χ2v) is 9.50. The summed E-state index contributed by atoms with van der Waals surface area (Å²) >= 11 is 0. The number of carbonyl (C=O) groups excluding carboxylic acids is 2. The Hall–Kier alpha value is -5.24. The molecule has 5 rings (SSSR count). The number of amides is 2. The average molecular weight is 566 g/mol. The molecule has 0 saturated carbocycles. The van der Waals surface area contributed by atoms with Crippen LogP contribution in [0, 0.1) is 0 Å². The fourth-order valence-corrected chi connectivity index (χ4v) is 4.85. The van der Waals surface area contributed by atoms with Gasteiger partial charge >= 0.3 is 0 Å². The zero-order valence-electron chi connectivity index (χ0n) is 23.9. The second-order valence-electron chi connectivity index (χ2n) is 9.50. The molecule has 42 heavy (non-hydrogen) atoms. The molecule has 0 saturated heterocycles. The predicted octanol–water partition coefficient (Wildman–Crippen LogP) is 5.78. The Kier molecular flexibility index (Phi) is 8.43. The third kappa shape index (κ3) is 5.65. The molecule has 0 unspecified atom stereocenters. The van der Waals surface area contributed by atoms with Crippen molar-refractivity contribution in [3.63, 3.8) is 0 Å². The maximum absolute atomic E-state index is 14.0. The fraction of sp³-hybridized carbons (Fsp3) is 0.176. The van der Waals surface area contributed by atoms with E-state index in [2.05, 4.69) is 0 Å². The molecular formula is C34H31NO7. The van der Waals surface area contributed by atoms with Gasteiger partial charge in [0.2, 0.25) is 0 Å². The van der Waals surface area contributed by atoms with Crippen molar-refractivity contribution >= 4 is 23.0 Å². The number of hydrogen-bond acceptors (Lipinski definition) is 7. The molecule has 1 aliphatic rings. The highest BCUT2D eigenvalue weighted by atomic mass is 16.5. The Labute approximate surface area is 244 Å². The number of hydrogen-bond donors (Lipinski definition) is 0. The number of nitrogens with zero attached hydrogens (tertiary/aromatic N) is 1. The highest BCUT2D eigenvalue weighted by Gasteiger charge is 2.40. The minimum absolute atomic E-state index is 0.0875. The van der Waals surface area contributed by atoms with Crippen molar-refractivity contribution in [2.75, 3.05) is 28.4 Å². The predicted molar refractivity (Wildman–Crippen MR) is 159 cm³/mol. The van der Waals surface area contributed by atoms with Gasteiger partial charge in [-0.1, -0.05) is 54.6 Å². The monoisotopic (exact) mass is 565 g/mol. The normalized spacial score (nSPS) is 12.9. The standard InChI is InChI=1S/C34H31NO7/c1-38-27-16-12-24(18-29(27)40-3)31-32(25-13-17-28(39-2)30(19-25)41-4)34(37)35(33(31)36)20-22-10-14-26(15-11-22)42-21-23-8-6-5-7-9-23/h5-19H,20-21H2,1-4H3. The molecule has 0 spiro atoms. The third-order valence-corrected chi connectivity index (χ3v) is 7.02. The van der Waals surface area contributed by atoms with Crippen LogP contribution in [0.5, 0.6) is 28.7 Å². The van der Waals surface area contributed by atoms with E-state index in [1.807, 2.05) is 54.6 Å². The van der Waals surface area contributed by atoms with Crippen molar-refractivity contribution in [3.8, 4) is 28.7 Å². The molecule has 0 radical (unpaired) electrons. The first-order valence-electron chi connectivity index (χ1n) is 13.3. The van der Waals surface area contributed by atoms with Crippen molar-refractivity contribution in [1.82, 2.24) is 4.90 Å². The molecule has 0 fully saturated rings. The SMILES string of the molecule is COc1ccc(C2=C(c3ccc(OC)c(OC)c3)C(=O)N(Cc3ccc(OCc4ccccc4)cc3)C2=O)cc1OC. The number of ether oxygens (including phenoxy) is 5. The summed E-state index contributed by atoms with van der Waals surface area (Å²) in [6.45, 7) is 0.529. The average Bonchev–Trinajstić information content (AvgIpc) is 3.28. The quantitative estimate of drug-likeness (QED) is 0.213. The molecule has 0 atom stereocenters. The van der Waals surface area contributed by atoms with Crippen molar-refractivity contribution in [2.24, 2.45) is 0 Å². The lowest BCUT2D eigenvalue weighted by molar-refractivity contribution is -0.136. The Morgan fingerprint density at radius 3 is 1.52 bits per heavy atom. The summed E-state index contributed by atoms with van der Waals surface area (Å²) in [5, 5.41) is 0. The molecule has 2 amide bonds. The minimum atomic E-state index is -0.415. The van der Waals surface area contributed by atoms with Crippen LogP contribution in [0.1, 0.15) is 22.3 Å². The highest BCUT2D eigenvalue weighted by Crippen LogP contribution is 2.41. The number of imide groups is 1. The van der Waals surface area contributed by atoms with E-state index in [0.29, 0.717) is 46.5 Å². The van der Waals surface area contributed by atoms with Crippen LogP contribution in [0.15, 0.2) is 91.0 Å². The van der Waals surface area contributed by atoms with Crippen LogP contribution in [0.2, 0.25) is 0 Å². The molecule has 1 heterocycles. The molecule has 0 bridgehead atoms. The number of rotatable bonds is 11. The smallest absolute Gasteiger partial charge is 0.262 e. The molecule has 8 nitrogen and oxygen atoms in total. The van der Waals surface area contributed by atoms with Crippen molar-refractivity contribution in [2.45, 2.75) is 13.2 Å². The van der Waals surface area contributed by atoms with Crippen LogP contribution < -0.4 is 23.7 Å². The van der Waals surface area contributed by atoms with Gasteiger partial charge in [-0.15, -0.1) is 0 Å². The fourth-order valence-electron chi connectivity index (χ4n) is 4.85. The summed E-state index contributed by atoms with van der Waals surface area (Å²) in [5.41, 5.74) is 3.42. The lowest BCUT2D eigenvalue weighted by atomic mass is 9.95. The molecule has 4 aromatic carbocycles. The molecule has 0 aromatic heterocycles. The summed E-state index contributed by atoms with van der Waals surface area (Å²) in [7, 11) is 6.12. The van der Waals surface area contributed by atoms with Crippen LogP contribution in [0.4, 0.5) is 0 Å². The topological polar surface area (TPSA) is 83.5 Å². The maximum Gasteiger partial charge on any atom is 0.262 e. The molecule has 214 valence electrons. The summed E-state index contributed by atoms with van der Waals surface area (Å²) in [6.07, 6.45) is 0. The zero-order chi connectivity index (χ0) is 29.6. The zero-order valence-corrected chi connectivity index (χ0v) is 23.9. The first-order chi connectivity index (χ1) is 20.5. The first kappa shape index (κ1) is 28.3. The summed E-state index contributed by atoms with van der Waals surface area (Å²) in [5.74, 6) is 1.77. The summed E-state index contributed by atoms with van der Waals surface area (Å²) < 4.78 is 27.6. The van der Waals surface area contributed by atoms with E-state index in [4.69, 9.17) is 23.7 Å². The molecule has 1 aliphatic heterocycles. The lowest BCUT2D eigenvalue weighted by Gasteiger charge is -2.16. The first-order valence-corrected chi connectivity index (χ1v) is 13.3. The minimum Gasteiger partial charge on any atom is -0.493 e. The van der Waals surface area contributed by atoms with Gasteiger partial charge in [0.05, 0.1) is 46.1 Å². The van der Waals surface area contributed by atoms with Crippen LogP contribution >= 0.6 is 0 Å². The highest BCUT2D eigenvalue weighted by molar-refractivity contribution is 6.49.